The fourth-order valence-corrected chi connectivity index (χ4v) is 3.99. The molecule has 1 rings (SSSR count). The van der Waals surface area contributed by atoms with Crippen LogP contribution in [0.3, 0.4) is 0 Å². The smallest absolute Gasteiger partial charge is 0.408 e. The van der Waals surface area contributed by atoms with Gasteiger partial charge < -0.3 is 26.0 Å². The summed E-state index contributed by atoms with van der Waals surface area (Å²) in [5.74, 6) is -1.66. The first kappa shape index (κ1) is 30.9. The molecule has 0 aliphatic rings. The highest BCUT2D eigenvalue weighted by Gasteiger charge is 2.37. The fourth-order valence-electron chi connectivity index (χ4n) is 3.99. The van der Waals surface area contributed by atoms with Crippen molar-refractivity contribution in [2.75, 3.05) is 6.54 Å². The topological polar surface area (TPSA) is 131 Å². The molecule has 0 heterocycles. The van der Waals surface area contributed by atoms with E-state index >= 15 is 0 Å². The molecule has 0 spiro atoms. The number of carbonyl (C=O) groups is 4. The van der Waals surface area contributed by atoms with Crippen LogP contribution < -0.4 is 16.4 Å². The van der Waals surface area contributed by atoms with Gasteiger partial charge in [0.15, 0.2) is 0 Å². The Morgan fingerprint density at radius 3 is 2.22 bits per heavy atom. The molecule has 4 N–H and O–H groups in total. The zero-order valence-electron chi connectivity index (χ0n) is 23.1. The average molecular weight is 505 g/mol. The van der Waals surface area contributed by atoms with Crippen molar-refractivity contribution in [2.45, 2.75) is 105 Å². The van der Waals surface area contributed by atoms with E-state index in [1.54, 1.807) is 20.8 Å². The SMILES string of the molecule is CCCC(C)NC(=O)C(c1cc(C)ccc1C)N(CCC)C(=O)C(CC(N)=O)NC(=O)OC(C)(C)C. The van der Waals surface area contributed by atoms with Gasteiger partial charge in [-0.15, -0.1) is 0 Å². The zero-order valence-corrected chi connectivity index (χ0v) is 23.1. The second-order valence-corrected chi connectivity index (χ2v) is 10.4. The van der Waals surface area contributed by atoms with E-state index in [-0.39, 0.29) is 18.5 Å². The Labute approximate surface area is 215 Å². The largest absolute Gasteiger partial charge is 0.444 e. The predicted octanol–water partition coefficient (Wildman–Crippen LogP) is 3.66. The Morgan fingerprint density at radius 2 is 1.69 bits per heavy atom. The minimum absolute atomic E-state index is 0.0880. The third-order valence-corrected chi connectivity index (χ3v) is 5.54. The number of alkyl carbamates (subject to hydrolysis) is 1. The molecule has 0 saturated carbocycles. The number of ether oxygens (including phenoxy) is 1. The van der Waals surface area contributed by atoms with Crippen LogP contribution in [-0.4, -0.2) is 52.9 Å². The second kappa shape index (κ2) is 13.8. The van der Waals surface area contributed by atoms with E-state index in [0.29, 0.717) is 12.0 Å². The third kappa shape index (κ3) is 9.87. The van der Waals surface area contributed by atoms with Gasteiger partial charge in [0.1, 0.15) is 17.7 Å². The Bertz CT molecular complexity index is 925. The standard InChI is InChI=1S/C27H44N4O5/c1-9-11-19(5)29-24(33)23(20-15-17(3)12-13-18(20)4)31(14-10-2)25(34)21(16-22(28)32)30-26(35)36-27(6,7)8/h12-13,15,19,21,23H,9-11,14,16H2,1-8H3,(H2,28,32)(H,29,33)(H,30,35). The van der Waals surface area contributed by atoms with Gasteiger partial charge in [-0.1, -0.05) is 44.0 Å². The minimum atomic E-state index is -1.28. The highest BCUT2D eigenvalue weighted by atomic mass is 16.6. The number of nitrogens with zero attached hydrogens (tertiary/aromatic N) is 1. The molecule has 4 amide bonds. The number of aryl methyl sites for hydroxylation is 2. The van der Waals surface area contributed by atoms with Crippen molar-refractivity contribution in [1.29, 1.82) is 0 Å². The fraction of sp³-hybridized carbons (Fsp3) is 0.630. The van der Waals surface area contributed by atoms with Crippen LogP contribution in [0.15, 0.2) is 18.2 Å². The number of carbonyl (C=O) groups excluding carboxylic acids is 4. The van der Waals surface area contributed by atoms with Crippen LogP contribution >= 0.6 is 0 Å². The zero-order chi connectivity index (χ0) is 27.6. The summed E-state index contributed by atoms with van der Waals surface area (Å²) in [6, 6.07) is 3.43. The first-order chi connectivity index (χ1) is 16.7. The Kier molecular flexibility index (Phi) is 11.9. The highest BCUT2D eigenvalue weighted by molar-refractivity contribution is 5.94. The monoisotopic (exact) mass is 504 g/mol. The van der Waals surface area contributed by atoms with Gasteiger partial charge in [-0.3, -0.25) is 14.4 Å². The Balaban J connectivity index is 3.52. The van der Waals surface area contributed by atoms with E-state index in [1.165, 1.54) is 4.90 Å². The van der Waals surface area contributed by atoms with Crippen molar-refractivity contribution in [3.63, 3.8) is 0 Å². The molecule has 9 heteroatoms. The molecular formula is C27H44N4O5. The van der Waals surface area contributed by atoms with Crippen LogP contribution in [0.25, 0.3) is 0 Å². The average Bonchev–Trinajstić information content (AvgIpc) is 2.73. The van der Waals surface area contributed by atoms with Gasteiger partial charge in [-0.25, -0.2) is 4.79 Å². The number of primary amides is 1. The number of hydrogen-bond donors (Lipinski definition) is 3. The van der Waals surface area contributed by atoms with Crippen molar-refractivity contribution >= 4 is 23.8 Å². The van der Waals surface area contributed by atoms with Crippen LogP contribution in [-0.2, 0) is 19.1 Å². The van der Waals surface area contributed by atoms with E-state index in [2.05, 4.69) is 10.6 Å². The molecule has 0 saturated heterocycles. The Hall–Kier alpha value is -3.10. The number of rotatable bonds is 12. The van der Waals surface area contributed by atoms with E-state index in [1.807, 2.05) is 52.8 Å². The summed E-state index contributed by atoms with van der Waals surface area (Å²) < 4.78 is 5.29. The van der Waals surface area contributed by atoms with Gasteiger partial charge in [0.05, 0.1) is 6.42 Å². The number of nitrogens with one attached hydrogen (secondary N) is 2. The lowest BCUT2D eigenvalue weighted by Gasteiger charge is -2.35. The van der Waals surface area contributed by atoms with Gasteiger partial charge in [0.2, 0.25) is 17.7 Å². The molecule has 0 radical (unpaired) electrons. The van der Waals surface area contributed by atoms with E-state index in [9.17, 15) is 19.2 Å². The minimum Gasteiger partial charge on any atom is -0.444 e. The van der Waals surface area contributed by atoms with E-state index < -0.39 is 42.0 Å². The molecule has 1 aromatic carbocycles. The van der Waals surface area contributed by atoms with Gasteiger partial charge in [-0.2, -0.15) is 0 Å². The number of nitrogens with two attached hydrogens (primary N) is 1. The van der Waals surface area contributed by atoms with E-state index in [0.717, 1.165) is 24.0 Å². The van der Waals surface area contributed by atoms with Crippen molar-refractivity contribution in [1.82, 2.24) is 15.5 Å². The number of benzene rings is 1. The van der Waals surface area contributed by atoms with Crippen LogP contribution in [0, 0.1) is 13.8 Å². The molecule has 0 aliphatic carbocycles. The number of hydrogen-bond acceptors (Lipinski definition) is 5. The summed E-state index contributed by atoms with van der Waals surface area (Å²) in [5, 5.41) is 5.53. The molecule has 3 atom stereocenters. The predicted molar refractivity (Wildman–Crippen MR) is 140 cm³/mol. The number of amides is 4. The molecule has 0 bridgehead atoms. The van der Waals surface area contributed by atoms with Crippen molar-refractivity contribution in [2.24, 2.45) is 5.73 Å². The van der Waals surface area contributed by atoms with Gasteiger partial charge in [-0.05, 0) is 65.5 Å². The van der Waals surface area contributed by atoms with Gasteiger partial charge >= 0.3 is 6.09 Å². The second-order valence-electron chi connectivity index (χ2n) is 10.4. The van der Waals surface area contributed by atoms with Crippen LogP contribution in [0.4, 0.5) is 4.79 Å². The lowest BCUT2D eigenvalue weighted by Crippen LogP contribution is -2.54. The summed E-state index contributed by atoms with van der Waals surface area (Å²) in [6.07, 6.45) is 0.972. The maximum absolute atomic E-state index is 13.9. The maximum Gasteiger partial charge on any atom is 0.408 e. The third-order valence-electron chi connectivity index (χ3n) is 5.54. The molecule has 0 aliphatic heterocycles. The molecule has 0 fully saturated rings. The molecule has 36 heavy (non-hydrogen) atoms. The van der Waals surface area contributed by atoms with Crippen LogP contribution in [0.1, 0.15) is 90.0 Å². The van der Waals surface area contributed by atoms with Crippen LogP contribution in [0.2, 0.25) is 0 Å². The molecule has 0 aromatic heterocycles. The molecular weight excluding hydrogens is 460 g/mol. The van der Waals surface area contributed by atoms with E-state index in [4.69, 9.17) is 10.5 Å². The van der Waals surface area contributed by atoms with Crippen molar-refractivity contribution < 1.29 is 23.9 Å². The summed E-state index contributed by atoms with van der Waals surface area (Å²) in [4.78, 5) is 53.3. The summed E-state index contributed by atoms with van der Waals surface area (Å²) in [6.45, 7) is 15.0. The highest BCUT2D eigenvalue weighted by Crippen LogP contribution is 2.27. The van der Waals surface area contributed by atoms with Crippen molar-refractivity contribution in [3.05, 3.63) is 34.9 Å². The van der Waals surface area contributed by atoms with Crippen LogP contribution in [0.5, 0.6) is 0 Å². The lowest BCUT2D eigenvalue weighted by molar-refractivity contribution is -0.143. The van der Waals surface area contributed by atoms with Gasteiger partial charge in [0.25, 0.3) is 0 Å². The molecule has 9 nitrogen and oxygen atoms in total. The normalized spacial score (nSPS) is 13.8. The summed E-state index contributed by atoms with van der Waals surface area (Å²) >= 11 is 0. The molecule has 3 unspecified atom stereocenters. The lowest BCUT2D eigenvalue weighted by atomic mass is 9.95. The van der Waals surface area contributed by atoms with Gasteiger partial charge in [0, 0.05) is 12.6 Å². The quantitative estimate of drug-likeness (QED) is 0.400. The summed E-state index contributed by atoms with van der Waals surface area (Å²) in [5.41, 5.74) is 7.10. The first-order valence-electron chi connectivity index (χ1n) is 12.7. The maximum atomic E-state index is 13.9. The van der Waals surface area contributed by atoms with Crippen molar-refractivity contribution in [3.8, 4) is 0 Å². The summed E-state index contributed by atoms with van der Waals surface area (Å²) in [7, 11) is 0. The Morgan fingerprint density at radius 1 is 1.06 bits per heavy atom. The molecule has 202 valence electrons. The first-order valence-corrected chi connectivity index (χ1v) is 12.7. The molecule has 1 aromatic rings.